The Balaban J connectivity index is 1.91. The maximum Gasteiger partial charge on any atom is 0.226 e. The van der Waals surface area contributed by atoms with Crippen LogP contribution in [0.3, 0.4) is 0 Å². The molecule has 0 saturated heterocycles. The number of hydrogen-bond donors (Lipinski definition) is 3. The summed E-state index contributed by atoms with van der Waals surface area (Å²) in [6.07, 6.45) is 2.14. The molecule has 0 saturated carbocycles. The van der Waals surface area contributed by atoms with E-state index < -0.39 is 0 Å². The molecular weight excluding hydrogens is 326 g/mol. The maximum absolute atomic E-state index is 12.3. The van der Waals surface area contributed by atoms with Crippen molar-refractivity contribution in [1.82, 2.24) is 0 Å². The second-order valence-corrected chi connectivity index (χ2v) is 6.15. The molecule has 0 aromatic heterocycles. The molecule has 0 bridgehead atoms. The highest BCUT2D eigenvalue weighted by Gasteiger charge is 2.10. The first-order valence-corrected chi connectivity index (χ1v) is 9.05. The minimum Gasteiger partial charge on any atom is -0.384 e. The largest absolute Gasteiger partial charge is 0.384 e. The van der Waals surface area contributed by atoms with E-state index in [9.17, 15) is 9.59 Å². The zero-order valence-electron chi connectivity index (χ0n) is 15.7. The van der Waals surface area contributed by atoms with Crippen LogP contribution < -0.4 is 16.0 Å². The van der Waals surface area contributed by atoms with Gasteiger partial charge in [-0.05, 0) is 42.2 Å². The lowest BCUT2D eigenvalue weighted by Gasteiger charge is -2.15. The number of benzene rings is 2. The Hall–Kier alpha value is -2.82. The fourth-order valence-electron chi connectivity index (χ4n) is 2.84. The van der Waals surface area contributed by atoms with Crippen LogP contribution in [-0.2, 0) is 22.4 Å². The van der Waals surface area contributed by atoms with Crippen molar-refractivity contribution >= 4 is 28.9 Å². The number of amides is 2. The predicted octanol–water partition coefficient (Wildman–Crippen LogP) is 4.21. The van der Waals surface area contributed by atoms with Gasteiger partial charge in [-0.1, -0.05) is 38.1 Å². The summed E-state index contributed by atoms with van der Waals surface area (Å²) in [5, 5.41) is 9.03. The Morgan fingerprint density at radius 3 is 2.12 bits per heavy atom. The minimum absolute atomic E-state index is 0.00823. The Morgan fingerprint density at radius 1 is 0.885 bits per heavy atom. The standard InChI is InChI=1S/C21H27N3O2/c1-4-16-8-6-9-17(5-2)21(16)24-20(26)12-13-22-18-10-7-11-19(14-18)23-15(3)25/h6-11,14,22H,4-5,12-13H2,1-3H3,(H,23,25)(H,24,26). The quantitative estimate of drug-likeness (QED) is 0.666. The van der Waals surface area contributed by atoms with Gasteiger partial charge in [-0.3, -0.25) is 9.59 Å². The third-order valence-electron chi connectivity index (χ3n) is 4.13. The second kappa shape index (κ2) is 9.61. The van der Waals surface area contributed by atoms with E-state index >= 15 is 0 Å². The lowest BCUT2D eigenvalue weighted by Crippen LogP contribution is -2.18. The van der Waals surface area contributed by atoms with E-state index in [-0.39, 0.29) is 11.8 Å². The number of nitrogens with one attached hydrogen (secondary N) is 3. The number of rotatable bonds is 8. The molecule has 0 spiro atoms. The highest BCUT2D eigenvalue weighted by molar-refractivity contribution is 5.93. The zero-order chi connectivity index (χ0) is 18.9. The second-order valence-electron chi connectivity index (χ2n) is 6.15. The van der Waals surface area contributed by atoms with Gasteiger partial charge in [-0.25, -0.2) is 0 Å². The third-order valence-corrected chi connectivity index (χ3v) is 4.13. The van der Waals surface area contributed by atoms with Crippen molar-refractivity contribution in [2.75, 3.05) is 22.5 Å². The Labute approximate surface area is 155 Å². The van der Waals surface area contributed by atoms with E-state index in [1.807, 2.05) is 30.3 Å². The van der Waals surface area contributed by atoms with Crippen LogP contribution in [-0.4, -0.2) is 18.4 Å². The highest BCUT2D eigenvalue weighted by Crippen LogP contribution is 2.22. The Kier molecular flexibility index (Phi) is 7.21. The normalized spacial score (nSPS) is 10.3. The summed E-state index contributed by atoms with van der Waals surface area (Å²) < 4.78 is 0. The molecule has 0 atom stereocenters. The van der Waals surface area contributed by atoms with Crippen LogP contribution in [0, 0.1) is 0 Å². The van der Waals surface area contributed by atoms with Gasteiger partial charge in [0.2, 0.25) is 11.8 Å². The summed E-state index contributed by atoms with van der Waals surface area (Å²) in [6.45, 7) is 6.18. The number of carbonyl (C=O) groups is 2. The molecule has 2 aromatic rings. The number of anilines is 3. The van der Waals surface area contributed by atoms with E-state index in [0.717, 1.165) is 41.0 Å². The number of carbonyl (C=O) groups excluding carboxylic acids is 2. The van der Waals surface area contributed by atoms with E-state index in [1.165, 1.54) is 6.92 Å². The first kappa shape index (κ1) is 19.5. The van der Waals surface area contributed by atoms with Crippen LogP contribution in [0.1, 0.15) is 38.3 Å². The van der Waals surface area contributed by atoms with Gasteiger partial charge in [0, 0.05) is 37.0 Å². The van der Waals surface area contributed by atoms with E-state index in [1.54, 1.807) is 0 Å². The average Bonchev–Trinajstić information content (AvgIpc) is 2.61. The van der Waals surface area contributed by atoms with Crippen molar-refractivity contribution in [3.63, 3.8) is 0 Å². The molecule has 26 heavy (non-hydrogen) atoms. The van der Waals surface area contributed by atoms with Gasteiger partial charge in [0.25, 0.3) is 0 Å². The molecule has 0 unspecified atom stereocenters. The molecule has 5 heteroatoms. The lowest BCUT2D eigenvalue weighted by molar-refractivity contribution is -0.116. The summed E-state index contributed by atoms with van der Waals surface area (Å²) in [5.41, 5.74) is 4.88. The zero-order valence-corrected chi connectivity index (χ0v) is 15.7. The van der Waals surface area contributed by atoms with Gasteiger partial charge < -0.3 is 16.0 Å². The fourth-order valence-corrected chi connectivity index (χ4v) is 2.84. The molecule has 0 aliphatic carbocycles. The average molecular weight is 353 g/mol. The number of para-hydroxylation sites is 1. The van der Waals surface area contributed by atoms with Crippen LogP contribution in [0.15, 0.2) is 42.5 Å². The lowest BCUT2D eigenvalue weighted by atomic mass is 10.0. The molecule has 5 nitrogen and oxygen atoms in total. The van der Waals surface area contributed by atoms with Gasteiger partial charge in [0.05, 0.1) is 0 Å². The smallest absolute Gasteiger partial charge is 0.226 e. The molecule has 0 fully saturated rings. The third kappa shape index (κ3) is 5.62. The van der Waals surface area contributed by atoms with Crippen LogP contribution in [0.25, 0.3) is 0 Å². The van der Waals surface area contributed by atoms with Gasteiger partial charge in [0.15, 0.2) is 0 Å². The summed E-state index contributed by atoms with van der Waals surface area (Å²) in [5.74, 6) is -0.117. The van der Waals surface area contributed by atoms with Gasteiger partial charge >= 0.3 is 0 Å². The topological polar surface area (TPSA) is 70.2 Å². The van der Waals surface area contributed by atoms with Crippen LogP contribution >= 0.6 is 0 Å². The molecule has 0 radical (unpaired) electrons. The van der Waals surface area contributed by atoms with Crippen molar-refractivity contribution in [2.45, 2.75) is 40.0 Å². The Morgan fingerprint density at radius 2 is 1.50 bits per heavy atom. The van der Waals surface area contributed by atoms with E-state index in [2.05, 4.69) is 41.9 Å². The SMILES string of the molecule is CCc1cccc(CC)c1NC(=O)CCNc1cccc(NC(C)=O)c1. The molecule has 2 amide bonds. The minimum atomic E-state index is -0.108. The summed E-state index contributed by atoms with van der Waals surface area (Å²) >= 11 is 0. The summed E-state index contributed by atoms with van der Waals surface area (Å²) in [4.78, 5) is 23.5. The molecule has 0 heterocycles. The number of aryl methyl sites for hydroxylation is 2. The Bertz CT molecular complexity index is 749. The molecule has 2 rings (SSSR count). The van der Waals surface area contributed by atoms with Crippen LogP contribution in [0.5, 0.6) is 0 Å². The maximum atomic E-state index is 12.3. The molecule has 3 N–H and O–H groups in total. The van der Waals surface area contributed by atoms with E-state index in [4.69, 9.17) is 0 Å². The van der Waals surface area contributed by atoms with Crippen molar-refractivity contribution in [1.29, 1.82) is 0 Å². The molecule has 0 aliphatic heterocycles. The molecule has 2 aromatic carbocycles. The van der Waals surface area contributed by atoms with Crippen molar-refractivity contribution < 1.29 is 9.59 Å². The first-order valence-electron chi connectivity index (χ1n) is 9.05. The van der Waals surface area contributed by atoms with Gasteiger partial charge in [-0.15, -0.1) is 0 Å². The first-order chi connectivity index (χ1) is 12.5. The van der Waals surface area contributed by atoms with Gasteiger partial charge in [0.1, 0.15) is 0 Å². The molecule has 0 aliphatic rings. The predicted molar refractivity (Wildman–Crippen MR) is 108 cm³/mol. The summed E-state index contributed by atoms with van der Waals surface area (Å²) in [6, 6.07) is 13.6. The monoisotopic (exact) mass is 353 g/mol. The fraction of sp³-hybridized carbons (Fsp3) is 0.333. The molecular formula is C21H27N3O2. The molecule has 138 valence electrons. The number of hydrogen-bond acceptors (Lipinski definition) is 3. The summed E-state index contributed by atoms with van der Waals surface area (Å²) in [7, 11) is 0. The van der Waals surface area contributed by atoms with Crippen molar-refractivity contribution in [3.05, 3.63) is 53.6 Å². The van der Waals surface area contributed by atoms with E-state index in [0.29, 0.717) is 13.0 Å². The van der Waals surface area contributed by atoms with Crippen LogP contribution in [0.2, 0.25) is 0 Å². The van der Waals surface area contributed by atoms with Crippen molar-refractivity contribution in [3.8, 4) is 0 Å². The highest BCUT2D eigenvalue weighted by atomic mass is 16.2. The van der Waals surface area contributed by atoms with Gasteiger partial charge in [-0.2, -0.15) is 0 Å². The van der Waals surface area contributed by atoms with Crippen molar-refractivity contribution in [2.24, 2.45) is 0 Å². The van der Waals surface area contributed by atoms with Crippen LogP contribution in [0.4, 0.5) is 17.1 Å².